The number of carbonyl (C=O) groups is 1. The third-order valence-corrected chi connectivity index (χ3v) is 3.78. The summed E-state index contributed by atoms with van der Waals surface area (Å²) in [4.78, 5) is 12.1. The van der Waals surface area contributed by atoms with E-state index in [0.29, 0.717) is 5.56 Å². The highest BCUT2D eigenvalue weighted by atomic mass is 16.1. The zero-order chi connectivity index (χ0) is 16.1. The van der Waals surface area contributed by atoms with Crippen LogP contribution in [0.1, 0.15) is 21.5 Å². The Hall–Kier alpha value is -2.93. The van der Waals surface area contributed by atoms with Crippen molar-refractivity contribution in [1.82, 2.24) is 0 Å². The molecule has 0 atom stereocenters. The molecule has 0 saturated carbocycles. The monoisotopic (exact) mass is 298 g/mol. The number of benzene rings is 3. The molecule has 0 N–H and O–H groups in total. The van der Waals surface area contributed by atoms with Gasteiger partial charge in [-0.1, -0.05) is 90.5 Å². The number of aryl methyl sites for hydroxylation is 1. The van der Waals surface area contributed by atoms with Gasteiger partial charge < -0.3 is 0 Å². The first-order valence-electron chi connectivity index (χ1n) is 7.67. The molecule has 0 saturated heterocycles. The number of hydrogen-bond donors (Lipinski definition) is 0. The Morgan fingerprint density at radius 3 is 1.91 bits per heavy atom. The SMILES string of the molecule is Cc1ccc(-c2ccc(C=CC(=O)c3ccccc3)cc2)cc1. The normalized spacial score (nSPS) is 10.8. The lowest BCUT2D eigenvalue weighted by atomic mass is 10.0. The van der Waals surface area contributed by atoms with Crippen LogP contribution in [0, 0.1) is 6.92 Å². The Morgan fingerprint density at radius 2 is 1.30 bits per heavy atom. The second kappa shape index (κ2) is 6.89. The summed E-state index contributed by atoms with van der Waals surface area (Å²) in [6.45, 7) is 2.08. The van der Waals surface area contributed by atoms with Gasteiger partial charge in [-0.05, 0) is 29.7 Å². The molecule has 0 aliphatic carbocycles. The van der Waals surface area contributed by atoms with Crippen LogP contribution in [0.25, 0.3) is 17.2 Å². The minimum Gasteiger partial charge on any atom is -0.289 e. The van der Waals surface area contributed by atoms with E-state index in [1.807, 2.05) is 48.5 Å². The summed E-state index contributed by atoms with van der Waals surface area (Å²) in [5, 5.41) is 0. The van der Waals surface area contributed by atoms with E-state index in [0.717, 1.165) is 5.56 Å². The van der Waals surface area contributed by atoms with Crippen molar-refractivity contribution in [3.8, 4) is 11.1 Å². The van der Waals surface area contributed by atoms with Gasteiger partial charge in [0.15, 0.2) is 5.78 Å². The largest absolute Gasteiger partial charge is 0.289 e. The Balaban J connectivity index is 1.74. The second-order valence-electron chi connectivity index (χ2n) is 5.55. The Kier molecular flexibility index (Phi) is 4.49. The zero-order valence-electron chi connectivity index (χ0n) is 13.1. The highest BCUT2D eigenvalue weighted by Gasteiger charge is 2.00. The minimum absolute atomic E-state index is 0.0215. The van der Waals surface area contributed by atoms with Crippen molar-refractivity contribution in [2.45, 2.75) is 6.92 Å². The quantitative estimate of drug-likeness (QED) is 0.455. The summed E-state index contributed by atoms with van der Waals surface area (Å²) < 4.78 is 0. The van der Waals surface area contributed by atoms with Crippen molar-refractivity contribution >= 4 is 11.9 Å². The first-order chi connectivity index (χ1) is 11.2. The molecule has 0 radical (unpaired) electrons. The maximum absolute atomic E-state index is 12.1. The summed E-state index contributed by atoms with van der Waals surface area (Å²) in [6.07, 6.45) is 3.48. The lowest BCUT2D eigenvalue weighted by molar-refractivity contribution is 0.104. The van der Waals surface area contributed by atoms with Gasteiger partial charge in [0.2, 0.25) is 0 Å². The molecule has 3 aromatic rings. The maximum atomic E-state index is 12.1. The first kappa shape index (κ1) is 15.0. The molecule has 3 aromatic carbocycles. The fourth-order valence-corrected chi connectivity index (χ4v) is 2.40. The van der Waals surface area contributed by atoms with Gasteiger partial charge in [-0.25, -0.2) is 0 Å². The zero-order valence-corrected chi connectivity index (χ0v) is 13.1. The predicted octanol–water partition coefficient (Wildman–Crippen LogP) is 5.56. The van der Waals surface area contributed by atoms with Gasteiger partial charge in [0.1, 0.15) is 0 Å². The van der Waals surface area contributed by atoms with Crippen molar-refractivity contribution in [3.63, 3.8) is 0 Å². The van der Waals surface area contributed by atoms with Crippen LogP contribution in [0.3, 0.4) is 0 Å². The summed E-state index contributed by atoms with van der Waals surface area (Å²) in [5.74, 6) is 0.0215. The Bertz CT molecular complexity index is 810. The lowest BCUT2D eigenvalue weighted by Crippen LogP contribution is -1.92. The topological polar surface area (TPSA) is 17.1 Å². The van der Waals surface area contributed by atoms with Gasteiger partial charge >= 0.3 is 0 Å². The van der Waals surface area contributed by atoms with E-state index in [1.54, 1.807) is 6.08 Å². The molecule has 0 aliphatic heterocycles. The minimum atomic E-state index is 0.0215. The highest BCUT2D eigenvalue weighted by molar-refractivity contribution is 6.06. The standard InChI is InChI=1S/C22H18O/c1-17-7-12-19(13-8-17)20-14-9-18(10-15-20)11-16-22(23)21-5-3-2-4-6-21/h2-16H,1H3. The van der Waals surface area contributed by atoms with Crippen LogP contribution < -0.4 is 0 Å². The fourth-order valence-electron chi connectivity index (χ4n) is 2.40. The van der Waals surface area contributed by atoms with Crippen LogP contribution in [0.5, 0.6) is 0 Å². The average molecular weight is 298 g/mol. The van der Waals surface area contributed by atoms with Gasteiger partial charge in [0, 0.05) is 5.56 Å². The van der Waals surface area contributed by atoms with E-state index in [4.69, 9.17) is 0 Å². The molecule has 0 bridgehead atoms. The molecule has 0 aromatic heterocycles. The maximum Gasteiger partial charge on any atom is 0.185 e. The van der Waals surface area contributed by atoms with Crippen molar-refractivity contribution < 1.29 is 4.79 Å². The van der Waals surface area contributed by atoms with Crippen molar-refractivity contribution in [1.29, 1.82) is 0 Å². The Morgan fingerprint density at radius 1 is 0.739 bits per heavy atom. The van der Waals surface area contributed by atoms with Crippen LogP contribution >= 0.6 is 0 Å². The number of allylic oxidation sites excluding steroid dienone is 1. The predicted molar refractivity (Wildman–Crippen MR) is 96.4 cm³/mol. The van der Waals surface area contributed by atoms with Crippen LogP contribution in [0.15, 0.2) is 84.9 Å². The number of hydrogen-bond acceptors (Lipinski definition) is 1. The van der Waals surface area contributed by atoms with Crippen LogP contribution in [-0.2, 0) is 0 Å². The number of rotatable bonds is 4. The van der Waals surface area contributed by atoms with Crippen LogP contribution in [0.4, 0.5) is 0 Å². The molecular formula is C22H18O. The molecule has 3 rings (SSSR count). The van der Waals surface area contributed by atoms with Crippen molar-refractivity contribution in [2.24, 2.45) is 0 Å². The molecule has 0 unspecified atom stereocenters. The summed E-state index contributed by atoms with van der Waals surface area (Å²) in [6, 6.07) is 26.0. The molecule has 0 heterocycles. The van der Waals surface area contributed by atoms with Gasteiger partial charge in [0.05, 0.1) is 0 Å². The first-order valence-corrected chi connectivity index (χ1v) is 7.67. The summed E-state index contributed by atoms with van der Waals surface area (Å²) in [7, 11) is 0. The molecule has 0 amide bonds. The summed E-state index contributed by atoms with van der Waals surface area (Å²) >= 11 is 0. The van der Waals surface area contributed by atoms with E-state index in [9.17, 15) is 4.79 Å². The van der Waals surface area contributed by atoms with E-state index in [2.05, 4.69) is 43.3 Å². The van der Waals surface area contributed by atoms with Crippen LogP contribution in [-0.4, -0.2) is 5.78 Å². The molecule has 0 spiro atoms. The summed E-state index contributed by atoms with van der Waals surface area (Å²) in [5.41, 5.74) is 5.36. The van der Waals surface area contributed by atoms with Gasteiger partial charge in [0.25, 0.3) is 0 Å². The lowest BCUT2D eigenvalue weighted by Gasteiger charge is -2.03. The third-order valence-electron chi connectivity index (χ3n) is 3.78. The van der Waals surface area contributed by atoms with Gasteiger partial charge in [-0.15, -0.1) is 0 Å². The molecule has 23 heavy (non-hydrogen) atoms. The second-order valence-corrected chi connectivity index (χ2v) is 5.55. The number of ketones is 1. The molecule has 1 nitrogen and oxygen atoms in total. The Labute approximate surface area is 136 Å². The van der Waals surface area contributed by atoms with E-state index in [1.165, 1.54) is 16.7 Å². The molecule has 112 valence electrons. The van der Waals surface area contributed by atoms with Crippen molar-refractivity contribution in [2.75, 3.05) is 0 Å². The number of carbonyl (C=O) groups excluding carboxylic acids is 1. The van der Waals surface area contributed by atoms with Crippen molar-refractivity contribution in [3.05, 3.63) is 102 Å². The molecule has 0 aliphatic rings. The fraction of sp³-hybridized carbons (Fsp3) is 0.0455. The smallest absolute Gasteiger partial charge is 0.185 e. The highest BCUT2D eigenvalue weighted by Crippen LogP contribution is 2.20. The van der Waals surface area contributed by atoms with E-state index < -0.39 is 0 Å². The van der Waals surface area contributed by atoms with Crippen LogP contribution in [0.2, 0.25) is 0 Å². The third kappa shape index (κ3) is 3.83. The van der Waals surface area contributed by atoms with E-state index in [-0.39, 0.29) is 5.78 Å². The van der Waals surface area contributed by atoms with Gasteiger partial charge in [-0.3, -0.25) is 4.79 Å². The molecular weight excluding hydrogens is 280 g/mol. The van der Waals surface area contributed by atoms with E-state index >= 15 is 0 Å². The average Bonchev–Trinajstić information content (AvgIpc) is 2.61. The molecule has 1 heteroatoms. The molecule has 0 fully saturated rings. The van der Waals surface area contributed by atoms with Gasteiger partial charge in [-0.2, -0.15) is 0 Å².